The molecule has 1 saturated heterocycles. The van der Waals surface area contributed by atoms with Gasteiger partial charge in [0.2, 0.25) is 0 Å². The number of carbonyl (C=O) groups is 1. The molecule has 4 atom stereocenters. The fraction of sp³-hybridized carbons (Fsp3) is 0.929. The van der Waals surface area contributed by atoms with Crippen LogP contribution in [-0.2, 0) is 18.7 Å². The highest BCUT2D eigenvalue weighted by molar-refractivity contribution is 6.74. The number of esters is 1. The zero-order valence-electron chi connectivity index (χ0n) is 13.6. The van der Waals surface area contributed by atoms with Crippen LogP contribution in [0.15, 0.2) is 0 Å². The first-order valence-corrected chi connectivity index (χ1v) is 10.0. The molecule has 0 radical (unpaired) electrons. The molecule has 0 bridgehead atoms. The summed E-state index contributed by atoms with van der Waals surface area (Å²) in [5.41, 5.74) is 0. The van der Waals surface area contributed by atoms with Crippen LogP contribution in [0.25, 0.3) is 0 Å². The van der Waals surface area contributed by atoms with E-state index in [1.54, 1.807) is 0 Å². The second-order valence-electron chi connectivity index (χ2n) is 7.02. The second kappa shape index (κ2) is 6.13. The maximum atomic E-state index is 11.2. The molecular weight excluding hydrogens is 276 g/mol. The van der Waals surface area contributed by atoms with Gasteiger partial charge in [0, 0.05) is 13.3 Å². The van der Waals surface area contributed by atoms with E-state index in [4.69, 9.17) is 13.9 Å². The van der Waals surface area contributed by atoms with Gasteiger partial charge in [0.05, 0.1) is 6.10 Å². The van der Waals surface area contributed by atoms with Crippen molar-refractivity contribution in [1.29, 1.82) is 0 Å². The molecule has 0 unspecified atom stereocenters. The molecule has 0 spiro atoms. The number of rotatable bonds is 3. The van der Waals surface area contributed by atoms with E-state index in [1.807, 2.05) is 6.92 Å². The average molecular weight is 304 g/mol. The van der Waals surface area contributed by atoms with Crippen molar-refractivity contribution in [2.75, 3.05) is 0 Å². The van der Waals surface area contributed by atoms with Gasteiger partial charge < -0.3 is 19.0 Å². The Morgan fingerprint density at radius 1 is 1.35 bits per heavy atom. The van der Waals surface area contributed by atoms with Crippen molar-refractivity contribution in [3.8, 4) is 0 Å². The zero-order chi connectivity index (χ0) is 15.7. The summed E-state index contributed by atoms with van der Waals surface area (Å²) in [6.45, 7) is 14.0. The first-order valence-electron chi connectivity index (χ1n) is 7.12. The van der Waals surface area contributed by atoms with Gasteiger partial charge in [0.25, 0.3) is 0 Å². The Morgan fingerprint density at radius 2 is 1.90 bits per heavy atom. The summed E-state index contributed by atoms with van der Waals surface area (Å²) < 4.78 is 17.1. The Kier molecular flexibility index (Phi) is 5.40. The third-order valence-electron chi connectivity index (χ3n) is 4.19. The lowest BCUT2D eigenvalue weighted by Gasteiger charge is -2.45. The minimum atomic E-state index is -2.00. The molecule has 1 rings (SSSR count). The fourth-order valence-electron chi connectivity index (χ4n) is 2.03. The number of aliphatic hydroxyl groups excluding tert-OH is 1. The van der Waals surface area contributed by atoms with Crippen LogP contribution < -0.4 is 0 Å². The maximum Gasteiger partial charge on any atom is 0.302 e. The van der Waals surface area contributed by atoms with Crippen LogP contribution in [-0.4, -0.2) is 44.0 Å². The molecule has 5 nitrogen and oxygen atoms in total. The summed E-state index contributed by atoms with van der Waals surface area (Å²) in [4.78, 5) is 11.2. The lowest BCUT2D eigenvalue weighted by atomic mass is 10.0. The number of aliphatic hydroxyl groups is 1. The summed E-state index contributed by atoms with van der Waals surface area (Å²) >= 11 is 0. The van der Waals surface area contributed by atoms with Gasteiger partial charge in [0.15, 0.2) is 14.6 Å². The molecule has 1 aliphatic heterocycles. The second-order valence-corrected chi connectivity index (χ2v) is 11.8. The molecule has 6 heteroatoms. The van der Waals surface area contributed by atoms with Crippen molar-refractivity contribution in [1.82, 2.24) is 0 Å². The fourth-order valence-corrected chi connectivity index (χ4v) is 3.41. The van der Waals surface area contributed by atoms with Crippen molar-refractivity contribution < 1.29 is 23.8 Å². The van der Waals surface area contributed by atoms with Crippen LogP contribution >= 0.6 is 0 Å². The SMILES string of the molecule is CC(=O)O[C@@H]1C[C@@H](O)O[C@H](C)[C@H]1O[Si](C)(C)C(C)(C)C. The van der Waals surface area contributed by atoms with E-state index in [1.165, 1.54) is 6.92 Å². The van der Waals surface area contributed by atoms with Crippen LogP contribution in [0.4, 0.5) is 0 Å². The molecule has 0 aliphatic carbocycles. The predicted molar refractivity (Wildman–Crippen MR) is 78.8 cm³/mol. The lowest BCUT2D eigenvalue weighted by molar-refractivity contribution is -0.230. The standard InChI is InChI=1S/C14H28O5Si/c1-9-13(19-20(6,7)14(3,4)5)11(18-10(2)15)8-12(16)17-9/h9,11-13,16H,8H2,1-7H3/t9-,11-,12+,13-/m1/s1. The van der Waals surface area contributed by atoms with Crippen molar-refractivity contribution >= 4 is 14.3 Å². The zero-order valence-corrected chi connectivity index (χ0v) is 14.6. The first-order chi connectivity index (χ1) is 8.94. The lowest BCUT2D eigenvalue weighted by Crippen LogP contribution is -2.56. The molecule has 1 aliphatic rings. The van der Waals surface area contributed by atoms with E-state index in [0.29, 0.717) is 0 Å². The molecule has 0 saturated carbocycles. The normalized spacial score (nSPS) is 32.0. The Balaban J connectivity index is 2.89. The van der Waals surface area contributed by atoms with Crippen LogP contribution in [0.2, 0.25) is 18.1 Å². The van der Waals surface area contributed by atoms with Gasteiger partial charge in [0.1, 0.15) is 12.2 Å². The molecule has 1 fully saturated rings. The third-order valence-corrected chi connectivity index (χ3v) is 8.66. The summed E-state index contributed by atoms with van der Waals surface area (Å²) in [6.07, 6.45) is -1.75. The van der Waals surface area contributed by atoms with Gasteiger partial charge in [-0.15, -0.1) is 0 Å². The van der Waals surface area contributed by atoms with Crippen molar-refractivity contribution in [3.63, 3.8) is 0 Å². The number of carbonyl (C=O) groups excluding carboxylic acids is 1. The average Bonchev–Trinajstić information content (AvgIpc) is 2.20. The highest BCUT2D eigenvalue weighted by Crippen LogP contribution is 2.39. The van der Waals surface area contributed by atoms with E-state index in [-0.39, 0.29) is 29.6 Å². The predicted octanol–water partition coefficient (Wildman–Crippen LogP) is 2.44. The third kappa shape index (κ3) is 4.28. The summed E-state index contributed by atoms with van der Waals surface area (Å²) in [7, 11) is -2.00. The van der Waals surface area contributed by atoms with Gasteiger partial charge in [-0.25, -0.2) is 0 Å². The molecule has 118 valence electrons. The van der Waals surface area contributed by atoms with Crippen LogP contribution in [0.1, 0.15) is 41.0 Å². The van der Waals surface area contributed by atoms with Crippen molar-refractivity contribution in [2.24, 2.45) is 0 Å². The van der Waals surface area contributed by atoms with E-state index in [9.17, 15) is 9.90 Å². The number of hydrogen-bond donors (Lipinski definition) is 1. The van der Waals surface area contributed by atoms with Gasteiger partial charge in [-0.1, -0.05) is 20.8 Å². The molecule has 1 N–H and O–H groups in total. The summed E-state index contributed by atoms with van der Waals surface area (Å²) in [6, 6.07) is 0. The minimum absolute atomic E-state index is 0.0591. The van der Waals surface area contributed by atoms with Gasteiger partial charge in [-0.3, -0.25) is 4.79 Å². The van der Waals surface area contributed by atoms with Gasteiger partial charge in [-0.2, -0.15) is 0 Å². The largest absolute Gasteiger partial charge is 0.460 e. The molecule has 1 heterocycles. The molecule has 0 aromatic rings. The Labute approximate surface area is 122 Å². The molecule has 0 amide bonds. The van der Waals surface area contributed by atoms with Crippen molar-refractivity contribution in [3.05, 3.63) is 0 Å². The first kappa shape index (κ1) is 17.6. The maximum absolute atomic E-state index is 11.2. The minimum Gasteiger partial charge on any atom is -0.460 e. The smallest absolute Gasteiger partial charge is 0.302 e. The van der Waals surface area contributed by atoms with E-state index in [2.05, 4.69) is 33.9 Å². The number of hydrogen-bond acceptors (Lipinski definition) is 5. The topological polar surface area (TPSA) is 65.0 Å². The van der Waals surface area contributed by atoms with E-state index >= 15 is 0 Å². The Bertz CT molecular complexity index is 350. The van der Waals surface area contributed by atoms with Gasteiger partial charge in [-0.05, 0) is 25.1 Å². The monoisotopic (exact) mass is 304 g/mol. The Morgan fingerprint density at radius 3 is 2.35 bits per heavy atom. The highest BCUT2D eigenvalue weighted by Gasteiger charge is 2.46. The van der Waals surface area contributed by atoms with Crippen molar-refractivity contribution in [2.45, 2.75) is 83.8 Å². The molecular formula is C14H28O5Si. The van der Waals surface area contributed by atoms with Crippen LogP contribution in [0.5, 0.6) is 0 Å². The molecule has 0 aromatic carbocycles. The van der Waals surface area contributed by atoms with E-state index < -0.39 is 20.7 Å². The highest BCUT2D eigenvalue weighted by atomic mass is 28.4. The number of ether oxygens (including phenoxy) is 2. The Hall–Kier alpha value is -0.433. The van der Waals surface area contributed by atoms with Gasteiger partial charge >= 0.3 is 5.97 Å². The molecule has 0 aromatic heterocycles. The van der Waals surface area contributed by atoms with Crippen LogP contribution in [0, 0.1) is 0 Å². The quantitative estimate of drug-likeness (QED) is 0.641. The van der Waals surface area contributed by atoms with Crippen LogP contribution in [0.3, 0.4) is 0 Å². The van der Waals surface area contributed by atoms with E-state index in [0.717, 1.165) is 0 Å². The summed E-state index contributed by atoms with van der Waals surface area (Å²) in [5.74, 6) is -0.361. The molecule has 20 heavy (non-hydrogen) atoms. The summed E-state index contributed by atoms with van der Waals surface area (Å²) in [5, 5.41) is 9.74.